The Labute approximate surface area is 97.4 Å². The summed E-state index contributed by atoms with van der Waals surface area (Å²) in [6, 6.07) is 2.07. The van der Waals surface area contributed by atoms with Crippen LogP contribution in [0.5, 0.6) is 0 Å². The van der Waals surface area contributed by atoms with E-state index in [0.717, 1.165) is 22.8 Å². The molecule has 0 amide bonds. The van der Waals surface area contributed by atoms with Crippen LogP contribution in [0.25, 0.3) is 5.52 Å². The van der Waals surface area contributed by atoms with E-state index in [1.165, 1.54) is 18.3 Å². The van der Waals surface area contributed by atoms with Crippen molar-refractivity contribution >= 4 is 35.1 Å². The Morgan fingerprint density at radius 2 is 2.33 bits per heavy atom. The van der Waals surface area contributed by atoms with E-state index in [2.05, 4.69) is 39.9 Å². The normalized spacial score (nSPS) is 11.0. The third kappa shape index (κ3) is 1.86. The Balaban J connectivity index is 2.53. The topological polar surface area (TPSA) is 56.2 Å². The van der Waals surface area contributed by atoms with E-state index >= 15 is 0 Å². The highest BCUT2D eigenvalue weighted by Gasteiger charge is 2.10. The lowest BCUT2D eigenvalue weighted by Gasteiger charge is -2.01. The van der Waals surface area contributed by atoms with Gasteiger partial charge in [-0.05, 0) is 28.4 Å². The van der Waals surface area contributed by atoms with Gasteiger partial charge in [0, 0.05) is 10.2 Å². The molecule has 2 rings (SSSR count). The van der Waals surface area contributed by atoms with Crippen molar-refractivity contribution in [3.8, 4) is 0 Å². The van der Waals surface area contributed by atoms with Gasteiger partial charge in [-0.2, -0.15) is 5.10 Å². The molecule has 6 heteroatoms. The molecular weight excluding hydrogens is 255 g/mol. The van der Waals surface area contributed by atoms with Gasteiger partial charge in [0.25, 0.3) is 0 Å². The van der Waals surface area contributed by atoms with Crippen LogP contribution < -0.4 is 5.73 Å². The van der Waals surface area contributed by atoms with Crippen molar-refractivity contribution in [1.82, 2.24) is 14.6 Å². The van der Waals surface area contributed by atoms with Gasteiger partial charge in [0.1, 0.15) is 19.7 Å². The van der Waals surface area contributed by atoms with Crippen LogP contribution in [0.15, 0.2) is 16.9 Å². The summed E-state index contributed by atoms with van der Waals surface area (Å²) in [7, 11) is 2.17. The molecule has 0 radical (unpaired) electrons. The first-order valence-electron chi connectivity index (χ1n) is 5.00. The number of nitrogens with two attached hydrogens (primary N) is 1. The van der Waals surface area contributed by atoms with Gasteiger partial charge in [-0.25, -0.2) is 9.50 Å². The maximum Gasteiger partial charge on any atom is 0.152 e. The minimum atomic E-state index is 0.514. The predicted octanol–water partition coefficient (Wildman–Crippen LogP) is 1.06. The quantitative estimate of drug-likeness (QED) is 0.846. The lowest BCUT2D eigenvalue weighted by Crippen LogP contribution is -2.02. The summed E-state index contributed by atoms with van der Waals surface area (Å²) in [5, 5.41) is 4.21. The second-order valence-electron chi connectivity index (χ2n) is 3.49. The van der Waals surface area contributed by atoms with Crippen molar-refractivity contribution in [2.45, 2.75) is 19.2 Å². The molecule has 2 heterocycles. The SMILES string of the molecule is BCCCc1cc(Br)c2c(N)ncnn12. The van der Waals surface area contributed by atoms with E-state index in [9.17, 15) is 0 Å². The zero-order valence-corrected chi connectivity index (χ0v) is 10.2. The fraction of sp³-hybridized carbons (Fsp3) is 0.333. The van der Waals surface area contributed by atoms with Crippen LogP contribution in [0.3, 0.4) is 0 Å². The van der Waals surface area contributed by atoms with E-state index in [-0.39, 0.29) is 0 Å². The van der Waals surface area contributed by atoms with Crippen LogP contribution in [-0.2, 0) is 6.42 Å². The van der Waals surface area contributed by atoms with Gasteiger partial charge in [0.15, 0.2) is 5.82 Å². The lowest BCUT2D eigenvalue weighted by molar-refractivity contribution is 0.795. The van der Waals surface area contributed by atoms with Crippen LogP contribution in [-0.4, -0.2) is 22.4 Å². The molecule has 15 heavy (non-hydrogen) atoms. The van der Waals surface area contributed by atoms with Gasteiger partial charge in [-0.1, -0.05) is 12.7 Å². The third-order valence-electron chi connectivity index (χ3n) is 2.40. The van der Waals surface area contributed by atoms with Gasteiger partial charge < -0.3 is 5.73 Å². The number of aryl methyl sites for hydroxylation is 1. The number of nitrogen functional groups attached to an aromatic ring is 1. The van der Waals surface area contributed by atoms with Crippen molar-refractivity contribution in [2.24, 2.45) is 0 Å². The molecule has 0 aliphatic heterocycles. The van der Waals surface area contributed by atoms with E-state index in [1.54, 1.807) is 0 Å². The van der Waals surface area contributed by atoms with Crippen molar-refractivity contribution in [3.63, 3.8) is 0 Å². The first kappa shape index (κ1) is 10.5. The van der Waals surface area contributed by atoms with Gasteiger partial charge in [0.05, 0.1) is 0 Å². The highest BCUT2D eigenvalue weighted by molar-refractivity contribution is 9.10. The molecule has 0 aliphatic rings. The third-order valence-corrected chi connectivity index (χ3v) is 3.00. The summed E-state index contributed by atoms with van der Waals surface area (Å²) >= 11 is 3.48. The molecule has 2 aromatic rings. The Kier molecular flexibility index (Phi) is 2.95. The van der Waals surface area contributed by atoms with E-state index in [4.69, 9.17) is 5.73 Å². The van der Waals surface area contributed by atoms with Crippen LogP contribution in [0, 0.1) is 0 Å². The Bertz CT molecular complexity index is 482. The number of hydrogen-bond acceptors (Lipinski definition) is 3. The molecule has 78 valence electrons. The zero-order valence-electron chi connectivity index (χ0n) is 8.57. The molecule has 0 saturated carbocycles. The average molecular weight is 267 g/mol. The van der Waals surface area contributed by atoms with Gasteiger partial charge in [-0.15, -0.1) is 0 Å². The van der Waals surface area contributed by atoms with Gasteiger partial charge >= 0.3 is 0 Å². The van der Waals surface area contributed by atoms with Crippen molar-refractivity contribution in [3.05, 3.63) is 22.6 Å². The first-order valence-corrected chi connectivity index (χ1v) is 5.80. The minimum Gasteiger partial charge on any atom is -0.382 e. The predicted molar refractivity (Wildman–Crippen MR) is 66.8 cm³/mol. The van der Waals surface area contributed by atoms with Crippen LogP contribution in [0.1, 0.15) is 12.1 Å². The molecule has 0 spiro atoms. The largest absolute Gasteiger partial charge is 0.382 e. The van der Waals surface area contributed by atoms with Gasteiger partial charge in [-0.3, -0.25) is 0 Å². The number of rotatable bonds is 3. The van der Waals surface area contributed by atoms with Crippen molar-refractivity contribution in [2.75, 3.05) is 5.73 Å². The molecule has 0 atom stereocenters. The summed E-state index contributed by atoms with van der Waals surface area (Å²) in [5.74, 6) is 0.514. The number of fused-ring (bicyclic) bond motifs is 1. The number of halogens is 1. The molecule has 0 aromatic carbocycles. The standard InChI is InChI=1S/C9H12BBrN4/c10-3-1-2-6-4-7(11)8-9(12)13-5-14-15(6)8/h4-5H,1-3,10H2,(H2,12,13,14). The Morgan fingerprint density at radius 1 is 1.53 bits per heavy atom. The molecule has 0 fully saturated rings. The summed E-state index contributed by atoms with van der Waals surface area (Å²) < 4.78 is 2.83. The summed E-state index contributed by atoms with van der Waals surface area (Å²) in [6.07, 6.45) is 4.83. The summed E-state index contributed by atoms with van der Waals surface area (Å²) in [6.45, 7) is 0. The number of anilines is 1. The fourth-order valence-corrected chi connectivity index (χ4v) is 2.26. The molecule has 0 unspecified atom stereocenters. The molecule has 0 aliphatic carbocycles. The molecule has 4 nitrogen and oxygen atoms in total. The highest BCUT2D eigenvalue weighted by atomic mass is 79.9. The molecule has 2 aromatic heterocycles. The number of aromatic nitrogens is 3. The maximum absolute atomic E-state index is 5.80. The smallest absolute Gasteiger partial charge is 0.152 e. The van der Waals surface area contributed by atoms with Crippen LogP contribution in [0.2, 0.25) is 6.32 Å². The highest BCUT2D eigenvalue weighted by Crippen LogP contribution is 2.25. The van der Waals surface area contributed by atoms with E-state index in [0.29, 0.717) is 5.82 Å². The minimum absolute atomic E-state index is 0.514. The number of nitrogens with zero attached hydrogens (tertiary/aromatic N) is 3. The van der Waals surface area contributed by atoms with Gasteiger partial charge in [0.2, 0.25) is 0 Å². The molecule has 0 saturated heterocycles. The zero-order chi connectivity index (χ0) is 10.8. The van der Waals surface area contributed by atoms with Crippen LogP contribution >= 0.6 is 15.9 Å². The Morgan fingerprint density at radius 3 is 3.07 bits per heavy atom. The maximum atomic E-state index is 5.80. The molecular formula is C9H12BBrN4. The summed E-state index contributed by atoms with van der Waals surface area (Å²) in [5.41, 5.74) is 7.84. The van der Waals surface area contributed by atoms with Crippen molar-refractivity contribution < 1.29 is 0 Å². The van der Waals surface area contributed by atoms with E-state index < -0.39 is 0 Å². The summed E-state index contributed by atoms with van der Waals surface area (Å²) in [4.78, 5) is 3.98. The second-order valence-corrected chi connectivity index (χ2v) is 4.35. The second kappa shape index (κ2) is 4.22. The van der Waals surface area contributed by atoms with Crippen LogP contribution in [0.4, 0.5) is 5.82 Å². The molecule has 0 bridgehead atoms. The average Bonchev–Trinajstić information content (AvgIpc) is 2.54. The lowest BCUT2D eigenvalue weighted by atomic mass is 10.00. The molecule has 2 N–H and O–H groups in total. The fourth-order valence-electron chi connectivity index (χ4n) is 1.62. The Hall–Kier alpha value is -1.04. The monoisotopic (exact) mass is 266 g/mol. The van der Waals surface area contributed by atoms with Crippen molar-refractivity contribution in [1.29, 1.82) is 0 Å². The number of hydrogen-bond donors (Lipinski definition) is 1. The first-order chi connectivity index (χ1) is 7.24. The van der Waals surface area contributed by atoms with E-state index in [1.807, 2.05) is 4.52 Å².